The van der Waals surface area contributed by atoms with Crippen molar-refractivity contribution in [3.63, 3.8) is 0 Å². The third-order valence-corrected chi connectivity index (χ3v) is 0.844. The van der Waals surface area contributed by atoms with Gasteiger partial charge in [-0.15, -0.1) is 0 Å². The number of aliphatic hydroxyl groups is 1. The Bertz CT molecular complexity index is 182. The van der Waals surface area contributed by atoms with Crippen LogP contribution >= 0.6 is 0 Å². The maximum absolute atomic E-state index is 10.2. The molecule has 0 amide bonds. The Balaban J connectivity index is 4.22. The van der Waals surface area contributed by atoms with Crippen molar-refractivity contribution in [3.8, 4) is 0 Å². The summed E-state index contributed by atoms with van der Waals surface area (Å²) in [7, 11) is 0. The van der Waals surface area contributed by atoms with Gasteiger partial charge in [-0.3, -0.25) is 9.59 Å². The first-order chi connectivity index (χ1) is 4.46. The zero-order chi connectivity index (χ0) is 8.31. The van der Waals surface area contributed by atoms with Crippen LogP contribution in [0, 0.1) is 0 Å². The van der Waals surface area contributed by atoms with Gasteiger partial charge in [-0.25, -0.2) is 4.79 Å². The van der Waals surface area contributed by atoms with Gasteiger partial charge in [0.25, 0.3) is 5.78 Å². The molecule has 0 heterocycles. The summed E-state index contributed by atoms with van der Waals surface area (Å²) in [5, 5.41) is 16.4. The predicted molar refractivity (Wildman–Crippen MR) is 29.3 cm³/mol. The molecule has 2 N–H and O–H groups in total. The molecule has 5 nitrogen and oxygen atoms in total. The van der Waals surface area contributed by atoms with Crippen molar-refractivity contribution >= 4 is 17.5 Å². The molecule has 0 fully saturated rings. The number of ketones is 2. The number of carbonyl (C=O) groups excluding carboxylic acids is 2. The third kappa shape index (κ3) is 1.94. The lowest BCUT2D eigenvalue weighted by Gasteiger charge is -1.98. The van der Waals surface area contributed by atoms with E-state index in [-0.39, 0.29) is 0 Å². The van der Waals surface area contributed by atoms with Crippen LogP contribution in [0.3, 0.4) is 0 Å². The number of Topliss-reactive ketones (excluding diaryl/α,β-unsaturated/α-hetero) is 2. The molecule has 0 aromatic rings. The van der Waals surface area contributed by atoms with Gasteiger partial charge in [-0.05, 0) is 6.92 Å². The van der Waals surface area contributed by atoms with Gasteiger partial charge in [-0.1, -0.05) is 0 Å². The van der Waals surface area contributed by atoms with Gasteiger partial charge in [0.05, 0.1) is 0 Å². The Morgan fingerprint density at radius 3 is 1.80 bits per heavy atom. The average Bonchev–Trinajstić information content (AvgIpc) is 1.84. The van der Waals surface area contributed by atoms with Crippen molar-refractivity contribution in [1.82, 2.24) is 0 Å². The summed E-state index contributed by atoms with van der Waals surface area (Å²) in [6, 6.07) is 0. The van der Waals surface area contributed by atoms with Crippen LogP contribution in [-0.2, 0) is 14.4 Å². The van der Waals surface area contributed by atoms with E-state index < -0.39 is 23.6 Å². The minimum atomic E-state index is -2.02. The maximum atomic E-state index is 10.2. The maximum Gasteiger partial charge on any atom is 0.375 e. The van der Waals surface area contributed by atoms with Crippen molar-refractivity contribution < 1.29 is 24.6 Å². The van der Waals surface area contributed by atoms with Crippen molar-refractivity contribution in [2.24, 2.45) is 0 Å². The summed E-state index contributed by atoms with van der Waals surface area (Å²) >= 11 is 0. The van der Waals surface area contributed by atoms with Gasteiger partial charge in [0.1, 0.15) is 0 Å². The van der Waals surface area contributed by atoms with Crippen LogP contribution in [0.4, 0.5) is 0 Å². The molecule has 0 aliphatic heterocycles. The van der Waals surface area contributed by atoms with Gasteiger partial charge >= 0.3 is 5.97 Å². The number of carbonyl (C=O) groups is 3. The van der Waals surface area contributed by atoms with Crippen molar-refractivity contribution in [3.05, 3.63) is 0 Å². The van der Waals surface area contributed by atoms with E-state index in [0.29, 0.717) is 0 Å². The molecule has 5 heteroatoms. The van der Waals surface area contributed by atoms with E-state index in [1.807, 2.05) is 0 Å². The van der Waals surface area contributed by atoms with Crippen LogP contribution in [0.15, 0.2) is 0 Å². The summed E-state index contributed by atoms with van der Waals surface area (Å²) < 4.78 is 0. The highest BCUT2D eigenvalue weighted by atomic mass is 16.4. The second-order valence-electron chi connectivity index (χ2n) is 1.68. The van der Waals surface area contributed by atoms with E-state index in [0.717, 1.165) is 6.92 Å². The molecule has 0 aromatic heterocycles. The Morgan fingerprint density at radius 1 is 1.30 bits per heavy atom. The van der Waals surface area contributed by atoms with Gasteiger partial charge in [0.2, 0.25) is 0 Å². The van der Waals surface area contributed by atoms with Crippen LogP contribution in [0.5, 0.6) is 0 Å². The molecule has 0 aliphatic carbocycles. The molecule has 0 aromatic carbocycles. The summed E-state index contributed by atoms with van der Waals surface area (Å²) in [6.45, 7) is 0.936. The zero-order valence-electron chi connectivity index (χ0n) is 5.20. The fraction of sp³-hybridized carbons (Fsp3) is 0.400. The van der Waals surface area contributed by atoms with E-state index in [4.69, 9.17) is 10.2 Å². The Labute approximate surface area is 56.3 Å². The highest BCUT2D eigenvalue weighted by molar-refractivity contribution is 6.38. The Morgan fingerprint density at radius 2 is 1.70 bits per heavy atom. The Kier molecular flexibility index (Phi) is 2.69. The lowest BCUT2D eigenvalue weighted by Crippen LogP contribution is -2.33. The lowest BCUT2D eigenvalue weighted by atomic mass is 10.2. The number of aliphatic carboxylic acids is 1. The summed E-state index contributed by atoms with van der Waals surface area (Å²) in [4.78, 5) is 30.2. The van der Waals surface area contributed by atoms with Crippen LogP contribution in [0.25, 0.3) is 0 Å². The van der Waals surface area contributed by atoms with Crippen LogP contribution in [-0.4, -0.2) is 33.9 Å². The second kappa shape index (κ2) is 3.07. The molecular weight excluding hydrogens is 140 g/mol. The molecule has 0 spiro atoms. The van der Waals surface area contributed by atoms with Crippen LogP contribution < -0.4 is 0 Å². The van der Waals surface area contributed by atoms with Crippen LogP contribution in [0.2, 0.25) is 0 Å². The molecule has 0 aliphatic rings. The third-order valence-electron chi connectivity index (χ3n) is 0.844. The molecule has 10 heavy (non-hydrogen) atoms. The normalized spacial score (nSPS) is 12.2. The molecule has 0 rings (SSSR count). The molecule has 1 unspecified atom stereocenters. The number of carboxylic acid groups (broad SMARTS) is 1. The number of carboxylic acids is 1. The van der Waals surface area contributed by atoms with Crippen LogP contribution in [0.1, 0.15) is 6.92 Å². The van der Waals surface area contributed by atoms with Gasteiger partial charge in [0, 0.05) is 0 Å². The van der Waals surface area contributed by atoms with Crippen molar-refractivity contribution in [2.75, 3.05) is 0 Å². The molecule has 0 bridgehead atoms. The number of rotatable bonds is 3. The highest BCUT2D eigenvalue weighted by Crippen LogP contribution is 1.87. The fourth-order valence-corrected chi connectivity index (χ4v) is 0.302. The number of hydrogen-bond donors (Lipinski definition) is 2. The van der Waals surface area contributed by atoms with E-state index in [9.17, 15) is 14.4 Å². The topological polar surface area (TPSA) is 91.7 Å². The minimum absolute atomic E-state index is 0.868. The molecule has 56 valence electrons. The largest absolute Gasteiger partial charge is 0.475 e. The average molecular weight is 146 g/mol. The molecule has 0 radical (unpaired) electrons. The standard InChI is InChI=1S/C5H6O5/c1-2(6)3(7)4(8)5(9)10/h3,7H,1H3,(H,9,10). The van der Waals surface area contributed by atoms with E-state index in [2.05, 4.69) is 0 Å². The van der Waals surface area contributed by atoms with Gasteiger partial charge in [-0.2, -0.15) is 0 Å². The Hall–Kier alpha value is -1.23. The second-order valence-corrected chi connectivity index (χ2v) is 1.68. The van der Waals surface area contributed by atoms with E-state index >= 15 is 0 Å². The molecule has 1 atom stereocenters. The minimum Gasteiger partial charge on any atom is -0.475 e. The first-order valence-corrected chi connectivity index (χ1v) is 2.42. The predicted octanol–water partition coefficient (Wildman–Crippen LogP) is -1.41. The van der Waals surface area contributed by atoms with Crippen molar-refractivity contribution in [2.45, 2.75) is 13.0 Å². The lowest BCUT2D eigenvalue weighted by molar-refractivity contribution is -0.155. The fourth-order valence-electron chi connectivity index (χ4n) is 0.302. The quantitative estimate of drug-likeness (QED) is 0.377. The number of hydrogen-bond acceptors (Lipinski definition) is 4. The van der Waals surface area contributed by atoms with Gasteiger partial charge in [0.15, 0.2) is 11.9 Å². The number of aliphatic hydroxyl groups excluding tert-OH is 1. The summed E-state index contributed by atoms with van der Waals surface area (Å²) in [5.41, 5.74) is 0. The molecule has 0 saturated carbocycles. The highest BCUT2D eigenvalue weighted by Gasteiger charge is 2.25. The SMILES string of the molecule is CC(=O)C(O)C(=O)C(=O)O. The van der Waals surface area contributed by atoms with E-state index in [1.54, 1.807) is 0 Å². The van der Waals surface area contributed by atoms with Gasteiger partial charge < -0.3 is 10.2 Å². The smallest absolute Gasteiger partial charge is 0.375 e. The summed E-state index contributed by atoms with van der Waals surface area (Å²) in [5.74, 6) is -4.16. The van der Waals surface area contributed by atoms with E-state index in [1.165, 1.54) is 0 Å². The first kappa shape index (κ1) is 8.77. The summed E-state index contributed by atoms with van der Waals surface area (Å²) in [6.07, 6.45) is -2.02. The first-order valence-electron chi connectivity index (χ1n) is 2.42. The van der Waals surface area contributed by atoms with Crippen molar-refractivity contribution in [1.29, 1.82) is 0 Å². The zero-order valence-corrected chi connectivity index (χ0v) is 5.20. The molecule has 0 saturated heterocycles. The monoisotopic (exact) mass is 146 g/mol. The molecular formula is C5H6O5.